The maximum Gasteiger partial charge on any atom is 0.418 e. The van der Waals surface area contributed by atoms with Crippen LogP contribution in [0.5, 0.6) is 0 Å². The predicted octanol–water partition coefficient (Wildman–Crippen LogP) is 4.42. The Hall–Kier alpha value is -0.820. The van der Waals surface area contributed by atoms with Crippen molar-refractivity contribution in [2.75, 3.05) is 0 Å². The second kappa shape index (κ2) is 4.45. The molecule has 90 valence electrons. The van der Waals surface area contributed by atoms with E-state index in [0.717, 1.165) is 6.07 Å². The summed E-state index contributed by atoms with van der Waals surface area (Å²) in [5, 5.41) is 3.85. The molecule has 0 aliphatic rings. The van der Waals surface area contributed by atoms with E-state index in [9.17, 15) is 13.2 Å². The summed E-state index contributed by atoms with van der Waals surface area (Å²) in [4.78, 5) is 0. The largest absolute Gasteiger partial charge is 0.418 e. The molecule has 2 aromatic rings. The van der Waals surface area contributed by atoms with E-state index in [4.69, 9.17) is 0 Å². The lowest BCUT2D eigenvalue weighted by atomic mass is 10.2. The molecule has 0 amide bonds. The Morgan fingerprint density at radius 2 is 1.82 bits per heavy atom. The fourth-order valence-electron chi connectivity index (χ4n) is 1.37. The number of rotatable bonds is 1. The van der Waals surface area contributed by atoms with Gasteiger partial charge in [0.1, 0.15) is 0 Å². The standard InChI is InChI=1S/C10H5Br2F3N2/c11-6-1-2-8(10(13,14)15)9(3-6)17-5-7(12)4-16-17/h1-5H. The van der Waals surface area contributed by atoms with Crippen LogP contribution in [0.25, 0.3) is 5.69 Å². The van der Waals surface area contributed by atoms with Gasteiger partial charge in [0.05, 0.1) is 21.9 Å². The van der Waals surface area contributed by atoms with Crippen LogP contribution in [0.2, 0.25) is 0 Å². The molecule has 0 aliphatic carbocycles. The number of alkyl halides is 3. The fourth-order valence-corrected chi connectivity index (χ4v) is 2.00. The van der Waals surface area contributed by atoms with Gasteiger partial charge in [0, 0.05) is 10.7 Å². The van der Waals surface area contributed by atoms with Crippen LogP contribution in [-0.2, 0) is 6.18 Å². The van der Waals surface area contributed by atoms with Gasteiger partial charge in [-0.15, -0.1) is 0 Å². The highest BCUT2D eigenvalue weighted by atomic mass is 79.9. The number of hydrogen-bond donors (Lipinski definition) is 0. The van der Waals surface area contributed by atoms with Crippen LogP contribution in [-0.4, -0.2) is 9.78 Å². The summed E-state index contributed by atoms with van der Waals surface area (Å²) in [6, 6.07) is 3.75. The summed E-state index contributed by atoms with van der Waals surface area (Å²) >= 11 is 6.29. The third-order valence-corrected chi connectivity index (χ3v) is 2.97. The molecule has 17 heavy (non-hydrogen) atoms. The van der Waals surface area contributed by atoms with E-state index >= 15 is 0 Å². The minimum absolute atomic E-state index is 0.0161. The van der Waals surface area contributed by atoms with Gasteiger partial charge in [-0.2, -0.15) is 18.3 Å². The third-order valence-electron chi connectivity index (χ3n) is 2.06. The highest BCUT2D eigenvalue weighted by Gasteiger charge is 2.34. The van der Waals surface area contributed by atoms with Gasteiger partial charge in [0.25, 0.3) is 0 Å². The highest BCUT2D eigenvalue weighted by molar-refractivity contribution is 9.10. The first-order valence-electron chi connectivity index (χ1n) is 4.45. The van der Waals surface area contributed by atoms with Gasteiger partial charge in [0.2, 0.25) is 0 Å². The Balaban J connectivity index is 2.63. The second-order valence-electron chi connectivity index (χ2n) is 3.26. The van der Waals surface area contributed by atoms with E-state index in [1.807, 2.05) is 0 Å². The molecule has 0 spiro atoms. The van der Waals surface area contributed by atoms with Crippen LogP contribution in [0, 0.1) is 0 Å². The zero-order chi connectivity index (χ0) is 12.6. The average molecular weight is 370 g/mol. The topological polar surface area (TPSA) is 17.8 Å². The normalized spacial score (nSPS) is 11.8. The van der Waals surface area contributed by atoms with Crippen LogP contribution in [0.4, 0.5) is 13.2 Å². The van der Waals surface area contributed by atoms with Gasteiger partial charge < -0.3 is 0 Å². The molecule has 0 aliphatic heterocycles. The van der Waals surface area contributed by atoms with Crippen molar-refractivity contribution in [1.82, 2.24) is 9.78 Å². The molecule has 0 saturated carbocycles. The SMILES string of the molecule is FC(F)(F)c1ccc(Br)cc1-n1cc(Br)cn1. The zero-order valence-electron chi connectivity index (χ0n) is 8.17. The Kier molecular flexibility index (Phi) is 3.31. The lowest BCUT2D eigenvalue weighted by Crippen LogP contribution is -2.11. The van der Waals surface area contributed by atoms with Gasteiger partial charge in [-0.05, 0) is 34.1 Å². The molecule has 7 heteroatoms. The summed E-state index contributed by atoms with van der Waals surface area (Å²) in [5.74, 6) is 0. The molecule has 0 radical (unpaired) electrons. The van der Waals surface area contributed by atoms with E-state index in [1.54, 1.807) is 0 Å². The molecule has 0 unspecified atom stereocenters. The summed E-state index contributed by atoms with van der Waals surface area (Å²) in [7, 11) is 0. The maximum atomic E-state index is 12.8. The number of benzene rings is 1. The Labute approximate surface area is 112 Å². The molecule has 1 heterocycles. The van der Waals surface area contributed by atoms with Gasteiger partial charge in [0.15, 0.2) is 0 Å². The van der Waals surface area contributed by atoms with Crippen molar-refractivity contribution in [3.63, 3.8) is 0 Å². The molecule has 0 bridgehead atoms. The zero-order valence-corrected chi connectivity index (χ0v) is 11.3. The van der Waals surface area contributed by atoms with Crippen molar-refractivity contribution in [3.8, 4) is 5.69 Å². The quantitative estimate of drug-likeness (QED) is 0.727. The highest BCUT2D eigenvalue weighted by Crippen LogP contribution is 2.35. The lowest BCUT2D eigenvalue weighted by molar-refractivity contribution is -0.137. The smallest absolute Gasteiger partial charge is 0.239 e. The van der Waals surface area contributed by atoms with Crippen molar-refractivity contribution in [2.45, 2.75) is 6.18 Å². The van der Waals surface area contributed by atoms with Gasteiger partial charge >= 0.3 is 6.18 Å². The van der Waals surface area contributed by atoms with Crippen molar-refractivity contribution in [1.29, 1.82) is 0 Å². The van der Waals surface area contributed by atoms with E-state index in [2.05, 4.69) is 37.0 Å². The summed E-state index contributed by atoms with van der Waals surface area (Å²) in [6.07, 6.45) is -1.51. The molecule has 0 fully saturated rings. The molecule has 2 rings (SSSR count). The molecular weight excluding hydrogens is 365 g/mol. The molecule has 0 atom stereocenters. The van der Waals surface area contributed by atoms with Crippen LogP contribution >= 0.6 is 31.9 Å². The van der Waals surface area contributed by atoms with E-state index in [0.29, 0.717) is 8.95 Å². The van der Waals surface area contributed by atoms with Crippen molar-refractivity contribution in [2.24, 2.45) is 0 Å². The van der Waals surface area contributed by atoms with E-state index < -0.39 is 11.7 Å². The average Bonchev–Trinajstić information content (AvgIpc) is 2.62. The van der Waals surface area contributed by atoms with Crippen LogP contribution in [0.1, 0.15) is 5.56 Å². The molecule has 1 aromatic heterocycles. The van der Waals surface area contributed by atoms with Crippen molar-refractivity contribution < 1.29 is 13.2 Å². The van der Waals surface area contributed by atoms with Crippen LogP contribution < -0.4 is 0 Å². The first-order valence-corrected chi connectivity index (χ1v) is 6.04. The monoisotopic (exact) mass is 368 g/mol. The lowest BCUT2D eigenvalue weighted by Gasteiger charge is -2.12. The summed E-state index contributed by atoms with van der Waals surface area (Å²) < 4.78 is 40.8. The summed E-state index contributed by atoms with van der Waals surface area (Å²) in [5.41, 5.74) is -0.742. The first-order chi connectivity index (χ1) is 7.88. The molecule has 0 saturated heterocycles. The van der Waals surface area contributed by atoms with Crippen molar-refractivity contribution >= 4 is 31.9 Å². The minimum Gasteiger partial charge on any atom is -0.239 e. The second-order valence-corrected chi connectivity index (χ2v) is 5.09. The van der Waals surface area contributed by atoms with E-state index in [-0.39, 0.29) is 5.69 Å². The Morgan fingerprint density at radius 3 is 2.35 bits per heavy atom. The third kappa shape index (κ3) is 2.71. The minimum atomic E-state index is -4.41. The maximum absolute atomic E-state index is 12.8. The number of aromatic nitrogens is 2. The molecule has 1 aromatic carbocycles. The van der Waals surface area contributed by atoms with Gasteiger partial charge in [-0.1, -0.05) is 15.9 Å². The molecular formula is C10H5Br2F3N2. The predicted molar refractivity (Wildman–Crippen MR) is 64.0 cm³/mol. The summed E-state index contributed by atoms with van der Waals surface area (Å²) in [6.45, 7) is 0. The van der Waals surface area contributed by atoms with Gasteiger partial charge in [-0.3, -0.25) is 0 Å². The first kappa shape index (κ1) is 12.6. The number of hydrogen-bond acceptors (Lipinski definition) is 1. The Morgan fingerprint density at radius 1 is 1.12 bits per heavy atom. The van der Waals surface area contributed by atoms with Crippen LogP contribution in [0.15, 0.2) is 39.5 Å². The Bertz CT molecular complexity index is 549. The molecule has 2 nitrogen and oxygen atoms in total. The van der Waals surface area contributed by atoms with Gasteiger partial charge in [-0.25, -0.2) is 4.68 Å². The molecule has 0 N–H and O–H groups in total. The number of halogens is 5. The van der Waals surface area contributed by atoms with Crippen LogP contribution in [0.3, 0.4) is 0 Å². The fraction of sp³-hybridized carbons (Fsp3) is 0.100. The van der Waals surface area contributed by atoms with Crippen molar-refractivity contribution in [3.05, 3.63) is 45.1 Å². The van der Waals surface area contributed by atoms with E-state index in [1.165, 1.54) is 29.2 Å². The number of nitrogens with zero attached hydrogens (tertiary/aromatic N) is 2.